The lowest BCUT2D eigenvalue weighted by atomic mass is 10.0. The van der Waals surface area contributed by atoms with Crippen molar-refractivity contribution in [1.29, 1.82) is 0 Å². The molecule has 0 radical (unpaired) electrons. The molecule has 7 nitrogen and oxygen atoms in total. The SMILES string of the molecule is O=C(O)C1CN(C(=O)NCc2cn[nH]c2)C1. The smallest absolute Gasteiger partial charge is 0.317 e. The van der Waals surface area contributed by atoms with Gasteiger partial charge in [0.1, 0.15) is 0 Å². The van der Waals surface area contributed by atoms with Gasteiger partial charge in [0.25, 0.3) is 0 Å². The molecule has 1 aromatic rings. The minimum atomic E-state index is -0.848. The highest BCUT2D eigenvalue weighted by molar-refractivity contribution is 5.79. The molecule has 1 aliphatic heterocycles. The van der Waals surface area contributed by atoms with Gasteiger partial charge >= 0.3 is 12.0 Å². The van der Waals surface area contributed by atoms with Crippen LogP contribution in [0.3, 0.4) is 0 Å². The molecule has 0 saturated carbocycles. The second-order valence-corrected chi connectivity index (χ2v) is 3.71. The van der Waals surface area contributed by atoms with Crippen LogP contribution >= 0.6 is 0 Å². The third-order valence-corrected chi connectivity index (χ3v) is 2.52. The lowest BCUT2D eigenvalue weighted by Gasteiger charge is -2.36. The molecule has 7 heteroatoms. The molecule has 0 unspecified atom stereocenters. The summed E-state index contributed by atoms with van der Waals surface area (Å²) in [6.45, 7) is 0.961. The van der Waals surface area contributed by atoms with Crippen LogP contribution in [0.2, 0.25) is 0 Å². The van der Waals surface area contributed by atoms with E-state index in [0.717, 1.165) is 5.56 Å². The van der Waals surface area contributed by atoms with Gasteiger partial charge in [-0.2, -0.15) is 5.10 Å². The highest BCUT2D eigenvalue weighted by Gasteiger charge is 2.35. The third-order valence-electron chi connectivity index (χ3n) is 2.52. The first-order valence-electron chi connectivity index (χ1n) is 4.90. The van der Waals surface area contributed by atoms with Crippen LogP contribution in [-0.2, 0) is 11.3 Å². The number of carboxylic acids is 1. The zero-order chi connectivity index (χ0) is 11.5. The van der Waals surface area contributed by atoms with Gasteiger partial charge in [-0.1, -0.05) is 0 Å². The fraction of sp³-hybridized carbons (Fsp3) is 0.444. The van der Waals surface area contributed by atoms with Crippen LogP contribution in [0.4, 0.5) is 4.79 Å². The van der Waals surface area contributed by atoms with Crippen molar-refractivity contribution in [2.24, 2.45) is 5.92 Å². The Hall–Kier alpha value is -2.05. The number of hydrogen-bond donors (Lipinski definition) is 3. The highest BCUT2D eigenvalue weighted by Crippen LogP contribution is 2.15. The fourth-order valence-corrected chi connectivity index (χ4v) is 1.46. The number of likely N-dealkylation sites (tertiary alicyclic amines) is 1. The molecule has 16 heavy (non-hydrogen) atoms. The molecule has 0 spiro atoms. The van der Waals surface area contributed by atoms with Crippen molar-refractivity contribution >= 4 is 12.0 Å². The molecule has 1 aromatic heterocycles. The van der Waals surface area contributed by atoms with Crippen LogP contribution < -0.4 is 5.32 Å². The summed E-state index contributed by atoms with van der Waals surface area (Å²) in [7, 11) is 0. The Bertz CT molecular complexity index is 383. The van der Waals surface area contributed by atoms with E-state index in [-0.39, 0.29) is 19.1 Å². The Morgan fingerprint density at radius 1 is 1.62 bits per heavy atom. The summed E-state index contributed by atoms with van der Waals surface area (Å²) in [5.41, 5.74) is 0.878. The number of nitrogens with zero attached hydrogens (tertiary/aromatic N) is 2. The first kappa shape index (κ1) is 10.5. The first-order chi connectivity index (χ1) is 7.66. The van der Waals surface area contributed by atoms with Gasteiger partial charge in [-0.25, -0.2) is 4.79 Å². The van der Waals surface area contributed by atoms with Crippen molar-refractivity contribution in [2.45, 2.75) is 6.54 Å². The van der Waals surface area contributed by atoms with E-state index in [4.69, 9.17) is 5.11 Å². The summed E-state index contributed by atoms with van der Waals surface area (Å²) in [5, 5.41) is 17.7. The maximum absolute atomic E-state index is 11.5. The molecule has 0 atom stereocenters. The van der Waals surface area contributed by atoms with Crippen LogP contribution in [0, 0.1) is 5.92 Å². The average Bonchev–Trinajstić information content (AvgIpc) is 2.63. The van der Waals surface area contributed by atoms with Crippen molar-refractivity contribution in [2.75, 3.05) is 13.1 Å². The number of carbonyl (C=O) groups excluding carboxylic acids is 1. The van der Waals surface area contributed by atoms with Crippen molar-refractivity contribution in [1.82, 2.24) is 20.4 Å². The summed E-state index contributed by atoms with van der Waals surface area (Å²) >= 11 is 0. The van der Waals surface area contributed by atoms with Crippen LogP contribution in [0.25, 0.3) is 0 Å². The number of aromatic nitrogens is 2. The highest BCUT2D eigenvalue weighted by atomic mass is 16.4. The van der Waals surface area contributed by atoms with E-state index in [1.165, 1.54) is 4.90 Å². The van der Waals surface area contributed by atoms with Gasteiger partial charge in [-0.15, -0.1) is 0 Å². The van der Waals surface area contributed by atoms with Crippen molar-refractivity contribution < 1.29 is 14.7 Å². The minimum absolute atomic E-state index is 0.237. The van der Waals surface area contributed by atoms with E-state index in [2.05, 4.69) is 15.5 Å². The standard InChI is InChI=1S/C9H12N4O3/c14-8(15)7-4-13(5-7)9(16)10-1-6-2-11-12-3-6/h2-3,7H,1,4-5H2,(H,10,16)(H,11,12)(H,14,15). The molecule has 1 fully saturated rings. The summed E-state index contributed by atoms with van der Waals surface area (Å²) < 4.78 is 0. The Morgan fingerprint density at radius 2 is 2.38 bits per heavy atom. The summed E-state index contributed by atoms with van der Waals surface area (Å²) in [5.74, 6) is -1.27. The van der Waals surface area contributed by atoms with Crippen LogP contribution in [-0.4, -0.2) is 45.3 Å². The minimum Gasteiger partial charge on any atom is -0.481 e. The van der Waals surface area contributed by atoms with Gasteiger partial charge in [0.15, 0.2) is 0 Å². The topological polar surface area (TPSA) is 98.3 Å². The molecule has 2 heterocycles. The second-order valence-electron chi connectivity index (χ2n) is 3.71. The van der Waals surface area contributed by atoms with E-state index in [9.17, 15) is 9.59 Å². The zero-order valence-electron chi connectivity index (χ0n) is 8.51. The number of H-pyrrole nitrogens is 1. The normalized spacial score (nSPS) is 15.6. The Morgan fingerprint density at radius 3 is 2.94 bits per heavy atom. The Labute approximate surface area is 91.4 Å². The monoisotopic (exact) mass is 224 g/mol. The van der Waals surface area contributed by atoms with Gasteiger partial charge in [-0.3, -0.25) is 9.89 Å². The molecular formula is C9H12N4O3. The maximum atomic E-state index is 11.5. The largest absolute Gasteiger partial charge is 0.481 e. The van der Waals surface area contributed by atoms with Crippen LogP contribution in [0.15, 0.2) is 12.4 Å². The van der Waals surface area contributed by atoms with Crippen molar-refractivity contribution in [3.63, 3.8) is 0 Å². The predicted octanol–water partition coefficient (Wildman–Crippen LogP) is -0.364. The molecule has 2 rings (SSSR count). The van der Waals surface area contributed by atoms with Gasteiger partial charge in [-0.05, 0) is 0 Å². The molecule has 3 N–H and O–H groups in total. The second kappa shape index (κ2) is 4.21. The number of aromatic amines is 1. The van der Waals surface area contributed by atoms with Gasteiger partial charge in [0.05, 0.1) is 12.1 Å². The average molecular weight is 224 g/mol. The predicted molar refractivity (Wildman–Crippen MR) is 53.5 cm³/mol. The van der Waals surface area contributed by atoms with Gasteiger partial charge in [0.2, 0.25) is 0 Å². The number of aliphatic carboxylic acids is 1. The van der Waals surface area contributed by atoms with E-state index in [1.807, 2.05) is 0 Å². The number of rotatable bonds is 3. The zero-order valence-corrected chi connectivity index (χ0v) is 8.51. The maximum Gasteiger partial charge on any atom is 0.317 e. The lowest BCUT2D eigenvalue weighted by molar-refractivity contribution is -0.146. The quantitative estimate of drug-likeness (QED) is 0.652. The number of carbonyl (C=O) groups is 2. The number of hydrogen-bond acceptors (Lipinski definition) is 3. The number of amides is 2. The third kappa shape index (κ3) is 2.13. The molecular weight excluding hydrogens is 212 g/mol. The molecule has 0 bridgehead atoms. The summed E-state index contributed by atoms with van der Waals surface area (Å²) in [6, 6.07) is -0.237. The molecule has 2 amide bonds. The molecule has 1 saturated heterocycles. The molecule has 1 aliphatic rings. The molecule has 0 aromatic carbocycles. The first-order valence-corrected chi connectivity index (χ1v) is 4.90. The Kier molecular flexibility index (Phi) is 2.76. The molecule has 86 valence electrons. The van der Waals surface area contributed by atoms with Crippen molar-refractivity contribution in [3.05, 3.63) is 18.0 Å². The Balaban J connectivity index is 1.72. The van der Waals surface area contributed by atoms with E-state index >= 15 is 0 Å². The van der Waals surface area contributed by atoms with Crippen molar-refractivity contribution in [3.8, 4) is 0 Å². The van der Waals surface area contributed by atoms with Gasteiger partial charge < -0.3 is 15.3 Å². The van der Waals surface area contributed by atoms with E-state index in [0.29, 0.717) is 6.54 Å². The number of urea groups is 1. The summed E-state index contributed by atoms with van der Waals surface area (Å²) in [6.07, 6.45) is 3.31. The van der Waals surface area contributed by atoms with Crippen LogP contribution in [0.1, 0.15) is 5.56 Å². The lowest BCUT2D eigenvalue weighted by Crippen LogP contribution is -2.56. The van der Waals surface area contributed by atoms with E-state index < -0.39 is 11.9 Å². The fourth-order valence-electron chi connectivity index (χ4n) is 1.46. The summed E-state index contributed by atoms with van der Waals surface area (Å²) in [4.78, 5) is 23.5. The van der Waals surface area contributed by atoms with Crippen LogP contribution in [0.5, 0.6) is 0 Å². The number of carboxylic acid groups (broad SMARTS) is 1. The molecule has 0 aliphatic carbocycles. The van der Waals surface area contributed by atoms with Gasteiger partial charge in [0, 0.05) is 31.4 Å². The number of nitrogens with one attached hydrogen (secondary N) is 2. The van der Waals surface area contributed by atoms with E-state index in [1.54, 1.807) is 12.4 Å².